The Hall–Kier alpha value is -2.21. The molecule has 106 valence electrons. The monoisotopic (exact) mass is 273 g/mol. The van der Waals surface area contributed by atoms with Gasteiger partial charge in [-0.15, -0.1) is 0 Å². The minimum atomic E-state index is 0.0156. The third-order valence-corrected chi connectivity index (χ3v) is 3.12. The van der Waals surface area contributed by atoms with E-state index in [1.165, 1.54) is 6.21 Å². The third-order valence-electron chi connectivity index (χ3n) is 3.12. The maximum Gasteiger partial charge on any atom is 0.256 e. The first-order valence-corrected chi connectivity index (χ1v) is 6.70. The van der Waals surface area contributed by atoms with Gasteiger partial charge in [0.1, 0.15) is 0 Å². The summed E-state index contributed by atoms with van der Waals surface area (Å²) in [6.45, 7) is 3.27. The van der Waals surface area contributed by atoms with E-state index in [9.17, 15) is 4.79 Å². The van der Waals surface area contributed by atoms with E-state index in [4.69, 9.17) is 5.41 Å². The second kappa shape index (κ2) is 7.40. The minimum Gasteiger partial charge on any atom is -0.337 e. The molecule has 0 unspecified atom stereocenters. The SMILES string of the molecule is N=C/C=N\Nc1ccccc1C(=O)N1CCCNCC1. The number of carbonyl (C=O) groups excluding carboxylic acids is 1. The number of rotatable bonds is 4. The van der Waals surface area contributed by atoms with Crippen molar-refractivity contribution in [2.24, 2.45) is 5.10 Å². The smallest absolute Gasteiger partial charge is 0.256 e. The van der Waals surface area contributed by atoms with Crippen LogP contribution in [0.15, 0.2) is 29.4 Å². The third kappa shape index (κ3) is 3.64. The molecular formula is C14H19N5O. The number of hydrogen-bond donors (Lipinski definition) is 3. The molecule has 2 rings (SSSR count). The Balaban J connectivity index is 2.15. The van der Waals surface area contributed by atoms with E-state index < -0.39 is 0 Å². The molecule has 0 radical (unpaired) electrons. The summed E-state index contributed by atoms with van der Waals surface area (Å²) >= 11 is 0. The molecule has 0 atom stereocenters. The zero-order chi connectivity index (χ0) is 14.2. The topological polar surface area (TPSA) is 80.6 Å². The Labute approximate surface area is 118 Å². The molecule has 20 heavy (non-hydrogen) atoms. The number of nitrogens with one attached hydrogen (secondary N) is 3. The second-order valence-corrected chi connectivity index (χ2v) is 4.50. The van der Waals surface area contributed by atoms with E-state index in [-0.39, 0.29) is 5.91 Å². The second-order valence-electron chi connectivity index (χ2n) is 4.50. The molecule has 1 aromatic rings. The van der Waals surface area contributed by atoms with Crippen molar-refractivity contribution in [3.8, 4) is 0 Å². The van der Waals surface area contributed by atoms with Crippen molar-refractivity contribution < 1.29 is 4.79 Å². The van der Waals surface area contributed by atoms with Gasteiger partial charge in [-0.25, -0.2) is 0 Å². The van der Waals surface area contributed by atoms with Gasteiger partial charge in [-0.05, 0) is 25.1 Å². The maximum absolute atomic E-state index is 12.6. The highest BCUT2D eigenvalue weighted by molar-refractivity contribution is 6.14. The van der Waals surface area contributed by atoms with E-state index in [1.54, 1.807) is 6.07 Å². The van der Waals surface area contributed by atoms with Gasteiger partial charge in [0.05, 0.1) is 17.5 Å². The fourth-order valence-corrected chi connectivity index (χ4v) is 2.13. The first-order valence-electron chi connectivity index (χ1n) is 6.70. The number of hydrazone groups is 1. The molecule has 1 amide bonds. The molecule has 1 fully saturated rings. The van der Waals surface area contributed by atoms with E-state index in [0.29, 0.717) is 11.3 Å². The van der Waals surface area contributed by atoms with Crippen LogP contribution in [0.1, 0.15) is 16.8 Å². The highest BCUT2D eigenvalue weighted by Gasteiger charge is 2.19. The summed E-state index contributed by atoms with van der Waals surface area (Å²) in [5.74, 6) is 0.0156. The lowest BCUT2D eigenvalue weighted by molar-refractivity contribution is 0.0767. The zero-order valence-electron chi connectivity index (χ0n) is 11.3. The van der Waals surface area contributed by atoms with E-state index >= 15 is 0 Å². The Morgan fingerprint density at radius 3 is 3.05 bits per heavy atom. The van der Waals surface area contributed by atoms with Crippen LogP contribution >= 0.6 is 0 Å². The zero-order valence-corrected chi connectivity index (χ0v) is 11.3. The Kier molecular flexibility index (Phi) is 5.25. The molecule has 6 nitrogen and oxygen atoms in total. The Morgan fingerprint density at radius 2 is 2.20 bits per heavy atom. The molecule has 6 heteroatoms. The molecule has 1 aliphatic heterocycles. The van der Waals surface area contributed by atoms with Crippen LogP contribution in [0.2, 0.25) is 0 Å². The molecule has 1 aliphatic rings. The van der Waals surface area contributed by atoms with Crippen molar-refractivity contribution >= 4 is 24.0 Å². The van der Waals surface area contributed by atoms with Crippen molar-refractivity contribution in [3.05, 3.63) is 29.8 Å². The molecule has 0 aromatic heterocycles. The summed E-state index contributed by atoms with van der Waals surface area (Å²) in [7, 11) is 0. The highest BCUT2D eigenvalue weighted by Crippen LogP contribution is 2.17. The normalized spacial score (nSPS) is 15.9. The number of hydrogen-bond acceptors (Lipinski definition) is 5. The van der Waals surface area contributed by atoms with Crippen molar-refractivity contribution in [2.75, 3.05) is 31.6 Å². The van der Waals surface area contributed by atoms with Crippen LogP contribution in [0.3, 0.4) is 0 Å². The van der Waals surface area contributed by atoms with Crippen LogP contribution in [0, 0.1) is 5.41 Å². The average molecular weight is 273 g/mol. The largest absolute Gasteiger partial charge is 0.337 e. The van der Waals surface area contributed by atoms with Gasteiger partial charge < -0.3 is 15.6 Å². The van der Waals surface area contributed by atoms with E-state index in [1.807, 2.05) is 23.1 Å². The number of anilines is 1. The van der Waals surface area contributed by atoms with Gasteiger partial charge in [0.2, 0.25) is 0 Å². The van der Waals surface area contributed by atoms with E-state index in [0.717, 1.165) is 38.8 Å². The molecule has 1 saturated heterocycles. The molecular weight excluding hydrogens is 254 g/mol. The molecule has 3 N–H and O–H groups in total. The van der Waals surface area contributed by atoms with Gasteiger partial charge in [-0.2, -0.15) is 5.10 Å². The maximum atomic E-state index is 12.6. The highest BCUT2D eigenvalue weighted by atomic mass is 16.2. The summed E-state index contributed by atoms with van der Waals surface area (Å²) < 4.78 is 0. The van der Waals surface area contributed by atoms with E-state index in [2.05, 4.69) is 15.8 Å². The molecule has 0 spiro atoms. The lowest BCUT2D eigenvalue weighted by Gasteiger charge is -2.21. The van der Waals surface area contributed by atoms with Crippen LogP contribution in [0.4, 0.5) is 5.69 Å². The first kappa shape index (κ1) is 14.2. The fraction of sp³-hybridized carbons (Fsp3) is 0.357. The van der Waals surface area contributed by atoms with Crippen molar-refractivity contribution in [3.63, 3.8) is 0 Å². The average Bonchev–Trinajstić information content (AvgIpc) is 2.76. The predicted octanol–water partition coefficient (Wildman–Crippen LogP) is 1.17. The Bertz CT molecular complexity index is 492. The molecule has 0 bridgehead atoms. The molecule has 0 saturated carbocycles. The number of para-hydroxylation sites is 1. The predicted molar refractivity (Wildman–Crippen MR) is 80.7 cm³/mol. The van der Waals surface area contributed by atoms with Gasteiger partial charge in [0, 0.05) is 25.8 Å². The lowest BCUT2D eigenvalue weighted by Crippen LogP contribution is -2.34. The number of benzene rings is 1. The number of nitrogens with zero attached hydrogens (tertiary/aromatic N) is 2. The van der Waals surface area contributed by atoms with Crippen molar-refractivity contribution in [1.82, 2.24) is 10.2 Å². The molecule has 0 aliphatic carbocycles. The Morgan fingerprint density at radius 1 is 1.35 bits per heavy atom. The van der Waals surface area contributed by atoms with Gasteiger partial charge in [-0.3, -0.25) is 10.2 Å². The summed E-state index contributed by atoms with van der Waals surface area (Å²) in [5.41, 5.74) is 4.07. The van der Waals surface area contributed by atoms with Crippen LogP contribution in [-0.4, -0.2) is 49.4 Å². The van der Waals surface area contributed by atoms with Crippen LogP contribution < -0.4 is 10.7 Å². The minimum absolute atomic E-state index is 0.0156. The number of carbonyl (C=O) groups is 1. The standard InChI is InChI=1S/C14H19N5O/c15-6-8-17-18-13-5-2-1-4-12(13)14(20)19-10-3-7-16-9-11-19/h1-2,4-6,8,15-16,18H,3,7,9-11H2/b15-6?,17-8-. The lowest BCUT2D eigenvalue weighted by atomic mass is 10.1. The van der Waals surface area contributed by atoms with Crippen molar-refractivity contribution in [1.29, 1.82) is 5.41 Å². The first-order chi connectivity index (χ1) is 9.83. The van der Waals surface area contributed by atoms with Crippen LogP contribution in [0.5, 0.6) is 0 Å². The van der Waals surface area contributed by atoms with Gasteiger partial charge in [0.25, 0.3) is 5.91 Å². The summed E-state index contributed by atoms with van der Waals surface area (Å²) in [6.07, 6.45) is 3.38. The van der Waals surface area contributed by atoms with Crippen molar-refractivity contribution in [2.45, 2.75) is 6.42 Å². The molecule has 1 aromatic carbocycles. The van der Waals surface area contributed by atoms with Crippen LogP contribution in [0.25, 0.3) is 0 Å². The number of amides is 1. The van der Waals surface area contributed by atoms with Gasteiger partial charge in [0.15, 0.2) is 0 Å². The quantitative estimate of drug-likeness (QED) is 0.569. The van der Waals surface area contributed by atoms with Crippen LogP contribution in [-0.2, 0) is 0 Å². The summed E-state index contributed by atoms with van der Waals surface area (Å²) in [6, 6.07) is 7.30. The van der Waals surface area contributed by atoms with Gasteiger partial charge >= 0.3 is 0 Å². The summed E-state index contributed by atoms with van der Waals surface area (Å²) in [4.78, 5) is 14.4. The molecule has 1 heterocycles. The summed E-state index contributed by atoms with van der Waals surface area (Å²) in [5, 5.41) is 14.0. The van der Waals surface area contributed by atoms with Gasteiger partial charge in [-0.1, -0.05) is 12.1 Å². The fourth-order valence-electron chi connectivity index (χ4n) is 2.13.